The van der Waals surface area contributed by atoms with Gasteiger partial charge >= 0.3 is 0 Å². The number of rotatable bonds is 2. The Hall–Kier alpha value is -2.43. The number of aromatic hydroxyl groups is 1. The van der Waals surface area contributed by atoms with Gasteiger partial charge in [-0.2, -0.15) is 0 Å². The molecule has 0 aliphatic carbocycles. The highest BCUT2D eigenvalue weighted by Crippen LogP contribution is 2.21. The first-order valence-corrected chi connectivity index (χ1v) is 5.95. The van der Waals surface area contributed by atoms with Crippen molar-refractivity contribution in [3.63, 3.8) is 0 Å². The minimum atomic E-state index is -0.916. The predicted molar refractivity (Wildman–Crippen MR) is 71.9 cm³/mol. The molecule has 0 bridgehead atoms. The molecule has 0 aliphatic heterocycles. The van der Waals surface area contributed by atoms with Gasteiger partial charge in [-0.3, -0.25) is 4.79 Å². The fraction of sp³-hybridized carbons (Fsp3) is 0.133. The topological polar surface area (TPSA) is 49.3 Å². The van der Waals surface area contributed by atoms with Gasteiger partial charge in [0.05, 0.1) is 5.56 Å². The zero-order valence-corrected chi connectivity index (χ0v) is 11.0. The molecule has 2 N–H and O–H groups in total. The van der Waals surface area contributed by atoms with Crippen molar-refractivity contribution in [2.45, 2.75) is 13.8 Å². The zero-order chi connectivity index (χ0) is 14.9. The Balaban J connectivity index is 2.28. The summed E-state index contributed by atoms with van der Waals surface area (Å²) in [5.41, 5.74) is 0.971. The molecule has 104 valence electrons. The number of phenols is 1. The van der Waals surface area contributed by atoms with Crippen LogP contribution in [0, 0.1) is 25.5 Å². The highest BCUT2D eigenvalue weighted by atomic mass is 19.1. The molecule has 0 heterocycles. The average Bonchev–Trinajstić information content (AvgIpc) is 2.38. The largest absolute Gasteiger partial charge is 0.508 e. The summed E-state index contributed by atoms with van der Waals surface area (Å²) in [6, 6.07) is 6.33. The first kappa shape index (κ1) is 14.0. The van der Waals surface area contributed by atoms with Gasteiger partial charge in [0.2, 0.25) is 0 Å². The molecule has 1 amide bonds. The number of halogens is 2. The van der Waals surface area contributed by atoms with Gasteiger partial charge in [0.15, 0.2) is 0 Å². The SMILES string of the molecule is Cc1cc(NC(=O)c2cc(C)c(F)cc2F)ccc1O. The minimum absolute atomic E-state index is 0.104. The van der Waals surface area contributed by atoms with Gasteiger partial charge in [0.1, 0.15) is 17.4 Å². The molecule has 2 rings (SSSR count). The molecule has 0 saturated heterocycles. The Kier molecular flexibility index (Phi) is 3.70. The lowest BCUT2D eigenvalue weighted by molar-refractivity contribution is 0.102. The smallest absolute Gasteiger partial charge is 0.258 e. The second-order valence-electron chi connectivity index (χ2n) is 4.54. The van der Waals surface area contributed by atoms with Crippen molar-refractivity contribution in [2.24, 2.45) is 0 Å². The van der Waals surface area contributed by atoms with Crippen LogP contribution in [0.3, 0.4) is 0 Å². The Bertz CT molecular complexity index is 684. The van der Waals surface area contributed by atoms with Gasteiger partial charge in [-0.05, 0) is 49.2 Å². The second kappa shape index (κ2) is 5.28. The van der Waals surface area contributed by atoms with E-state index in [1.807, 2.05) is 0 Å². The van der Waals surface area contributed by atoms with Gasteiger partial charge in [0, 0.05) is 11.8 Å². The molecule has 0 atom stereocenters. The number of phenolic OH excluding ortho intramolecular Hbond substituents is 1. The standard InChI is InChI=1S/C15H13F2NO2/c1-8-6-11(13(17)7-12(8)16)15(20)18-10-3-4-14(19)9(2)5-10/h3-7,19H,1-2H3,(H,18,20). The number of carbonyl (C=O) groups is 1. The van der Waals surface area contributed by atoms with Gasteiger partial charge in [0.25, 0.3) is 5.91 Å². The normalized spacial score (nSPS) is 10.4. The predicted octanol–water partition coefficient (Wildman–Crippen LogP) is 3.54. The number of amides is 1. The fourth-order valence-corrected chi connectivity index (χ4v) is 1.76. The molecule has 20 heavy (non-hydrogen) atoms. The number of aryl methyl sites for hydroxylation is 2. The van der Waals surface area contributed by atoms with Crippen LogP contribution in [-0.4, -0.2) is 11.0 Å². The first-order chi connectivity index (χ1) is 9.38. The van der Waals surface area contributed by atoms with Crippen molar-refractivity contribution in [1.29, 1.82) is 0 Å². The molecule has 3 nitrogen and oxygen atoms in total. The first-order valence-electron chi connectivity index (χ1n) is 5.95. The van der Waals surface area contributed by atoms with Crippen LogP contribution in [-0.2, 0) is 0 Å². The van der Waals surface area contributed by atoms with E-state index in [0.29, 0.717) is 17.3 Å². The number of benzene rings is 2. The van der Waals surface area contributed by atoms with E-state index in [0.717, 1.165) is 6.07 Å². The van der Waals surface area contributed by atoms with E-state index in [2.05, 4.69) is 5.32 Å². The lowest BCUT2D eigenvalue weighted by Gasteiger charge is -2.09. The number of nitrogens with one attached hydrogen (secondary N) is 1. The van der Waals surface area contributed by atoms with E-state index >= 15 is 0 Å². The molecule has 0 spiro atoms. The van der Waals surface area contributed by atoms with E-state index in [1.165, 1.54) is 19.1 Å². The number of anilines is 1. The fourth-order valence-electron chi connectivity index (χ4n) is 1.76. The van der Waals surface area contributed by atoms with Gasteiger partial charge < -0.3 is 10.4 Å². The van der Waals surface area contributed by atoms with Crippen molar-refractivity contribution in [2.75, 3.05) is 5.32 Å². The maximum Gasteiger partial charge on any atom is 0.258 e. The summed E-state index contributed by atoms with van der Waals surface area (Å²) in [6.07, 6.45) is 0. The summed E-state index contributed by atoms with van der Waals surface area (Å²) in [5.74, 6) is -2.18. The van der Waals surface area contributed by atoms with Crippen LogP contribution in [0.15, 0.2) is 30.3 Å². The summed E-state index contributed by atoms with van der Waals surface area (Å²) < 4.78 is 26.7. The number of hydrogen-bond acceptors (Lipinski definition) is 2. The molecule has 0 aliphatic rings. The Labute approximate surface area is 114 Å². The summed E-state index contributed by atoms with van der Waals surface area (Å²) >= 11 is 0. The molecule has 2 aromatic carbocycles. The summed E-state index contributed by atoms with van der Waals surface area (Å²) in [5, 5.41) is 11.9. The monoisotopic (exact) mass is 277 g/mol. The molecule has 0 aromatic heterocycles. The highest BCUT2D eigenvalue weighted by molar-refractivity contribution is 6.04. The highest BCUT2D eigenvalue weighted by Gasteiger charge is 2.15. The lowest BCUT2D eigenvalue weighted by atomic mass is 10.1. The Morgan fingerprint density at radius 1 is 1.05 bits per heavy atom. The third kappa shape index (κ3) is 2.77. The molecule has 0 radical (unpaired) electrons. The summed E-state index contributed by atoms with van der Waals surface area (Å²) in [6.45, 7) is 3.13. The Morgan fingerprint density at radius 3 is 2.40 bits per heavy atom. The maximum absolute atomic E-state index is 13.6. The van der Waals surface area contributed by atoms with E-state index in [9.17, 15) is 18.7 Å². The minimum Gasteiger partial charge on any atom is -0.508 e. The maximum atomic E-state index is 13.6. The van der Waals surface area contributed by atoms with Crippen molar-refractivity contribution in [3.05, 3.63) is 58.7 Å². The van der Waals surface area contributed by atoms with Crippen LogP contribution < -0.4 is 5.32 Å². The van der Waals surface area contributed by atoms with Crippen LogP contribution in [0.2, 0.25) is 0 Å². The van der Waals surface area contributed by atoms with E-state index < -0.39 is 17.5 Å². The van der Waals surface area contributed by atoms with Crippen LogP contribution >= 0.6 is 0 Å². The van der Waals surface area contributed by atoms with Gasteiger partial charge in [-0.1, -0.05) is 0 Å². The molecular weight excluding hydrogens is 264 g/mol. The molecule has 0 unspecified atom stereocenters. The lowest BCUT2D eigenvalue weighted by Crippen LogP contribution is -2.14. The third-order valence-electron chi connectivity index (χ3n) is 2.95. The second-order valence-corrected chi connectivity index (χ2v) is 4.54. The van der Waals surface area contributed by atoms with E-state index in [1.54, 1.807) is 13.0 Å². The van der Waals surface area contributed by atoms with Gasteiger partial charge in [-0.15, -0.1) is 0 Å². The molecular formula is C15H13F2NO2. The van der Waals surface area contributed by atoms with E-state index in [4.69, 9.17) is 0 Å². The number of carbonyl (C=O) groups excluding carboxylic acids is 1. The molecule has 5 heteroatoms. The average molecular weight is 277 g/mol. The molecule has 2 aromatic rings. The van der Waals surface area contributed by atoms with Crippen LogP contribution in [0.1, 0.15) is 21.5 Å². The van der Waals surface area contributed by atoms with Crippen LogP contribution in [0.25, 0.3) is 0 Å². The van der Waals surface area contributed by atoms with Crippen molar-refractivity contribution in [1.82, 2.24) is 0 Å². The summed E-state index contributed by atoms with van der Waals surface area (Å²) in [4.78, 5) is 12.0. The van der Waals surface area contributed by atoms with Crippen molar-refractivity contribution < 1.29 is 18.7 Å². The van der Waals surface area contributed by atoms with Crippen LogP contribution in [0.5, 0.6) is 5.75 Å². The number of hydrogen-bond donors (Lipinski definition) is 2. The summed E-state index contributed by atoms with van der Waals surface area (Å²) in [7, 11) is 0. The molecule has 0 saturated carbocycles. The Morgan fingerprint density at radius 2 is 1.75 bits per heavy atom. The zero-order valence-electron chi connectivity index (χ0n) is 11.0. The quantitative estimate of drug-likeness (QED) is 0.825. The van der Waals surface area contributed by atoms with Crippen molar-refractivity contribution in [3.8, 4) is 5.75 Å². The van der Waals surface area contributed by atoms with Crippen LogP contribution in [0.4, 0.5) is 14.5 Å². The third-order valence-corrected chi connectivity index (χ3v) is 2.95. The van der Waals surface area contributed by atoms with E-state index in [-0.39, 0.29) is 16.9 Å². The van der Waals surface area contributed by atoms with Gasteiger partial charge in [-0.25, -0.2) is 8.78 Å². The van der Waals surface area contributed by atoms with Crippen molar-refractivity contribution >= 4 is 11.6 Å². The molecule has 0 fully saturated rings.